The van der Waals surface area contributed by atoms with E-state index >= 15 is 0 Å². The van der Waals surface area contributed by atoms with E-state index in [1.807, 2.05) is 0 Å². The number of hydrogen-bond acceptors (Lipinski definition) is 0. The van der Waals surface area contributed by atoms with Crippen LogP contribution in [-0.2, 0) is 0 Å². The molecule has 0 heterocycles. The molecular formula is H8S2Sr2. The molecule has 0 aliphatic heterocycles. The Balaban J connectivity index is 0. The molecule has 0 rings (SSSR count). The van der Waals surface area contributed by atoms with Gasteiger partial charge in [0.2, 0.25) is 0 Å². The van der Waals surface area contributed by atoms with Gasteiger partial charge in [0, 0.05) is 0 Å². The summed E-state index contributed by atoms with van der Waals surface area (Å²) in [5.74, 6) is 0. The third kappa shape index (κ3) is 9.18. The minimum atomic E-state index is 0. The van der Waals surface area contributed by atoms with Crippen molar-refractivity contribution in [1.29, 1.82) is 0 Å². The van der Waals surface area contributed by atoms with Gasteiger partial charge in [0.15, 0.2) is 0 Å². The number of hydrogen-bond donors (Lipinski definition) is 0. The predicted molar refractivity (Wildman–Crippen MR) is 37.9 cm³/mol. The molecule has 0 saturated heterocycles. The molecule has 0 aromatic rings. The normalized spacial score (nSPS) is 0. The van der Waals surface area contributed by atoms with Crippen molar-refractivity contribution < 1.29 is 0 Å². The monoisotopic (exact) mass is 248 g/mol. The first-order chi connectivity index (χ1) is 0. The van der Waals surface area contributed by atoms with Gasteiger partial charge in [-0.05, 0) is 0 Å². The molecule has 0 radical (unpaired) electrons. The predicted octanol–water partition coefficient (Wildman–Crippen LogP) is -1.61. The Hall–Kier alpha value is 3.66. The van der Waals surface area contributed by atoms with Crippen LogP contribution in [0, 0.1) is 0 Å². The molecule has 0 unspecified atom stereocenters. The maximum absolute atomic E-state index is 0. The summed E-state index contributed by atoms with van der Waals surface area (Å²) < 4.78 is 0. The average Bonchev–Trinajstić information content (AvgIpc) is 0. The Labute approximate surface area is 115 Å². The van der Waals surface area contributed by atoms with Crippen LogP contribution in [0.2, 0.25) is 0 Å². The van der Waals surface area contributed by atoms with Gasteiger partial charge in [-0.3, -0.25) is 0 Å². The standard InChI is InChI=1S/2H2S.2Sr.4H/h2*1H2;;;;;;. The van der Waals surface area contributed by atoms with Crippen molar-refractivity contribution >= 4 is 118 Å². The first-order valence-corrected chi connectivity index (χ1v) is 0. The van der Waals surface area contributed by atoms with E-state index in [-0.39, 0.29) is 118 Å². The molecule has 4 heavy (non-hydrogen) atoms. The van der Waals surface area contributed by atoms with Gasteiger partial charge in [0.1, 0.15) is 0 Å². The van der Waals surface area contributed by atoms with E-state index in [4.69, 9.17) is 0 Å². The van der Waals surface area contributed by atoms with Gasteiger partial charge in [-0.25, -0.2) is 0 Å². The summed E-state index contributed by atoms with van der Waals surface area (Å²) in [4.78, 5) is 0. The van der Waals surface area contributed by atoms with E-state index in [1.54, 1.807) is 0 Å². The molecular weight excluding hydrogens is 239 g/mol. The Morgan fingerprint density at radius 2 is 0.500 bits per heavy atom. The molecule has 0 spiro atoms. The summed E-state index contributed by atoms with van der Waals surface area (Å²) in [6.45, 7) is 0. The third-order valence-corrected chi connectivity index (χ3v) is 0. The van der Waals surface area contributed by atoms with Crippen LogP contribution in [-0.4, -0.2) is 91.0 Å². The van der Waals surface area contributed by atoms with E-state index in [0.29, 0.717) is 0 Å². The second kappa shape index (κ2) is 15.9. The molecule has 0 amide bonds. The molecule has 0 aliphatic carbocycles. The van der Waals surface area contributed by atoms with Crippen molar-refractivity contribution in [1.82, 2.24) is 0 Å². The van der Waals surface area contributed by atoms with Gasteiger partial charge in [-0.1, -0.05) is 0 Å². The van der Waals surface area contributed by atoms with Gasteiger partial charge >= 0.3 is 91.0 Å². The SMILES string of the molecule is S.S.[SrH2].[SrH2]. The fraction of sp³-hybridized carbons (Fsp3) is 0. The summed E-state index contributed by atoms with van der Waals surface area (Å²) >= 11 is 0. The van der Waals surface area contributed by atoms with Gasteiger partial charge < -0.3 is 0 Å². The van der Waals surface area contributed by atoms with E-state index in [9.17, 15) is 0 Å². The molecule has 24 valence electrons. The summed E-state index contributed by atoms with van der Waals surface area (Å²) in [5, 5.41) is 0. The fourth-order valence-corrected chi connectivity index (χ4v) is 0. The van der Waals surface area contributed by atoms with Crippen molar-refractivity contribution in [3.8, 4) is 0 Å². The first-order valence-electron chi connectivity index (χ1n) is 0. The summed E-state index contributed by atoms with van der Waals surface area (Å²) in [7, 11) is 0. The van der Waals surface area contributed by atoms with Crippen molar-refractivity contribution in [2.75, 3.05) is 0 Å². The van der Waals surface area contributed by atoms with Crippen LogP contribution >= 0.6 is 27.0 Å². The molecule has 0 aromatic carbocycles. The Kier molecular flexibility index (Phi) is 101. The van der Waals surface area contributed by atoms with E-state index in [2.05, 4.69) is 0 Å². The quantitative estimate of drug-likeness (QED) is 0.452. The van der Waals surface area contributed by atoms with Crippen LogP contribution in [0.15, 0.2) is 0 Å². The van der Waals surface area contributed by atoms with Crippen molar-refractivity contribution in [2.24, 2.45) is 0 Å². The Morgan fingerprint density at radius 1 is 0.500 bits per heavy atom. The average molecular weight is 247 g/mol. The molecule has 0 atom stereocenters. The zero-order valence-electron chi connectivity index (χ0n) is 1.00. The van der Waals surface area contributed by atoms with Gasteiger partial charge in [0.05, 0.1) is 0 Å². The summed E-state index contributed by atoms with van der Waals surface area (Å²) in [6.07, 6.45) is 0. The second-order valence-electron chi connectivity index (χ2n) is 0. The first kappa shape index (κ1) is 25.4. The Morgan fingerprint density at radius 3 is 0.500 bits per heavy atom. The van der Waals surface area contributed by atoms with Crippen molar-refractivity contribution in [2.45, 2.75) is 0 Å². The summed E-state index contributed by atoms with van der Waals surface area (Å²) in [5.41, 5.74) is 0. The topological polar surface area (TPSA) is 0 Å². The van der Waals surface area contributed by atoms with Crippen LogP contribution in [0.4, 0.5) is 0 Å². The van der Waals surface area contributed by atoms with Crippen LogP contribution in [0.1, 0.15) is 0 Å². The molecule has 4 heteroatoms. The minimum absolute atomic E-state index is 0. The molecule has 0 N–H and O–H groups in total. The van der Waals surface area contributed by atoms with Crippen LogP contribution < -0.4 is 0 Å². The van der Waals surface area contributed by atoms with Crippen LogP contribution in [0.5, 0.6) is 0 Å². The van der Waals surface area contributed by atoms with Gasteiger partial charge in [-0.2, -0.15) is 27.0 Å². The third-order valence-electron chi connectivity index (χ3n) is 0. The molecule has 0 saturated carbocycles. The zero-order valence-corrected chi connectivity index (χ0v) is 3.00. The maximum atomic E-state index is 0. The van der Waals surface area contributed by atoms with Gasteiger partial charge in [-0.15, -0.1) is 0 Å². The fourth-order valence-electron chi connectivity index (χ4n) is 0. The van der Waals surface area contributed by atoms with Gasteiger partial charge in [0.25, 0.3) is 0 Å². The molecule has 0 bridgehead atoms. The Bertz CT molecular complexity index is 4.00. The molecule has 0 aromatic heterocycles. The van der Waals surface area contributed by atoms with E-state index < -0.39 is 0 Å². The van der Waals surface area contributed by atoms with Crippen molar-refractivity contribution in [3.63, 3.8) is 0 Å². The summed E-state index contributed by atoms with van der Waals surface area (Å²) in [6, 6.07) is 0. The van der Waals surface area contributed by atoms with E-state index in [0.717, 1.165) is 0 Å². The second-order valence-corrected chi connectivity index (χ2v) is 0. The van der Waals surface area contributed by atoms with Crippen LogP contribution in [0.3, 0.4) is 0 Å². The molecule has 0 nitrogen and oxygen atoms in total. The molecule has 0 fully saturated rings. The molecule has 0 aliphatic rings. The van der Waals surface area contributed by atoms with Crippen molar-refractivity contribution in [3.05, 3.63) is 0 Å². The zero-order chi connectivity index (χ0) is 0. The number of rotatable bonds is 0. The van der Waals surface area contributed by atoms with E-state index in [1.165, 1.54) is 0 Å². The van der Waals surface area contributed by atoms with Crippen LogP contribution in [0.25, 0.3) is 0 Å².